The van der Waals surface area contributed by atoms with Crippen LogP contribution in [0.1, 0.15) is 29.8 Å². The summed E-state index contributed by atoms with van der Waals surface area (Å²) in [6, 6.07) is 4.66. The van der Waals surface area contributed by atoms with Crippen LogP contribution in [0.4, 0.5) is 0 Å². The van der Waals surface area contributed by atoms with E-state index in [-0.39, 0.29) is 17.1 Å². The molecule has 96 valence electrons. The minimum atomic E-state index is -1.03. The van der Waals surface area contributed by atoms with Gasteiger partial charge < -0.3 is 5.11 Å². The maximum atomic E-state index is 11.4. The van der Waals surface area contributed by atoms with Gasteiger partial charge in [0.1, 0.15) is 5.25 Å². The number of carboxylic acids is 1. The van der Waals surface area contributed by atoms with E-state index in [2.05, 4.69) is 0 Å². The topological polar surface area (TPSA) is 71.4 Å². The lowest BCUT2D eigenvalue weighted by Crippen LogP contribution is -2.22. The fourth-order valence-corrected chi connectivity index (χ4v) is 2.47. The zero-order chi connectivity index (χ0) is 13.9. The van der Waals surface area contributed by atoms with E-state index >= 15 is 0 Å². The smallest absolute Gasteiger partial charge is 0.335 e. The molecule has 0 aliphatic carbocycles. The number of Topliss-reactive ketones (excluding diaryl/α,β-unsaturated/α-hetero) is 2. The van der Waals surface area contributed by atoms with Gasteiger partial charge in [-0.05, 0) is 38.5 Å². The van der Waals surface area contributed by atoms with Crippen molar-refractivity contribution >= 4 is 29.3 Å². The lowest BCUT2D eigenvalue weighted by molar-refractivity contribution is -0.123. The molecule has 0 heterocycles. The van der Waals surface area contributed by atoms with Crippen molar-refractivity contribution in [3.63, 3.8) is 0 Å². The fourth-order valence-electron chi connectivity index (χ4n) is 1.44. The first kappa shape index (κ1) is 14.4. The second kappa shape index (κ2) is 5.82. The van der Waals surface area contributed by atoms with E-state index in [1.165, 1.54) is 26.0 Å². The highest BCUT2D eigenvalue weighted by Gasteiger charge is 2.22. The van der Waals surface area contributed by atoms with Crippen LogP contribution in [0.3, 0.4) is 0 Å². The predicted molar refractivity (Wildman–Crippen MR) is 69.1 cm³/mol. The average Bonchev–Trinajstić information content (AvgIpc) is 2.26. The van der Waals surface area contributed by atoms with Crippen LogP contribution in [-0.4, -0.2) is 27.9 Å². The van der Waals surface area contributed by atoms with Crippen LogP contribution in [0.15, 0.2) is 23.1 Å². The predicted octanol–water partition coefficient (Wildman–Crippen LogP) is 2.33. The Morgan fingerprint density at radius 2 is 1.72 bits per heavy atom. The maximum absolute atomic E-state index is 11.4. The van der Waals surface area contributed by atoms with Gasteiger partial charge in [-0.2, -0.15) is 0 Å². The Bertz CT molecular complexity index is 494. The van der Waals surface area contributed by atoms with Gasteiger partial charge in [0, 0.05) is 4.90 Å². The van der Waals surface area contributed by atoms with Crippen molar-refractivity contribution in [2.45, 2.75) is 30.9 Å². The number of ketones is 2. The molecule has 5 heteroatoms. The second-order valence-corrected chi connectivity index (χ2v) is 5.15. The molecule has 0 aromatic heterocycles. The molecule has 0 fully saturated rings. The Morgan fingerprint density at radius 1 is 1.17 bits per heavy atom. The monoisotopic (exact) mass is 266 g/mol. The zero-order valence-electron chi connectivity index (χ0n) is 10.4. The van der Waals surface area contributed by atoms with Gasteiger partial charge in [0.15, 0.2) is 11.6 Å². The summed E-state index contributed by atoms with van der Waals surface area (Å²) >= 11 is 1.10. The normalized spacial score (nSPS) is 10.4. The van der Waals surface area contributed by atoms with Crippen molar-refractivity contribution < 1.29 is 19.5 Å². The Balaban J connectivity index is 3.09. The first-order valence-electron chi connectivity index (χ1n) is 5.34. The summed E-state index contributed by atoms with van der Waals surface area (Å²) in [5.41, 5.74) is 0.992. The van der Waals surface area contributed by atoms with Crippen LogP contribution in [-0.2, 0) is 9.59 Å². The molecule has 0 spiro atoms. The lowest BCUT2D eigenvalue weighted by atomic mass is 10.1. The first-order valence-corrected chi connectivity index (χ1v) is 6.22. The van der Waals surface area contributed by atoms with Gasteiger partial charge in [-0.15, -0.1) is 11.8 Å². The molecule has 1 N–H and O–H groups in total. The molecule has 0 amide bonds. The minimum Gasteiger partial charge on any atom is -0.478 e. The third kappa shape index (κ3) is 3.43. The highest BCUT2D eigenvalue weighted by Crippen LogP contribution is 2.28. The molecule has 4 nitrogen and oxygen atoms in total. The first-order chi connectivity index (χ1) is 8.32. The molecule has 0 bridgehead atoms. The number of rotatable bonds is 5. The number of carbonyl (C=O) groups excluding carboxylic acids is 2. The van der Waals surface area contributed by atoms with Crippen molar-refractivity contribution in [3.05, 3.63) is 29.3 Å². The molecule has 0 atom stereocenters. The van der Waals surface area contributed by atoms with E-state index in [9.17, 15) is 14.4 Å². The Labute approximate surface area is 109 Å². The van der Waals surface area contributed by atoms with Gasteiger partial charge in [0.25, 0.3) is 0 Å². The molecular weight excluding hydrogens is 252 g/mol. The Morgan fingerprint density at radius 3 is 2.17 bits per heavy atom. The van der Waals surface area contributed by atoms with Gasteiger partial charge in [-0.3, -0.25) is 9.59 Å². The third-order valence-electron chi connectivity index (χ3n) is 2.42. The zero-order valence-corrected chi connectivity index (χ0v) is 11.2. The standard InChI is InChI=1S/C13H14O4S/c1-7-4-5-10(13(16)17)6-11(7)18-12(8(2)14)9(3)15/h4-6,12H,1-3H3,(H,16,17). The van der Waals surface area contributed by atoms with Gasteiger partial charge in [0.05, 0.1) is 5.56 Å². The average molecular weight is 266 g/mol. The quantitative estimate of drug-likeness (QED) is 0.654. The molecule has 18 heavy (non-hydrogen) atoms. The van der Waals surface area contributed by atoms with Crippen LogP contribution < -0.4 is 0 Å². The summed E-state index contributed by atoms with van der Waals surface area (Å²) in [7, 11) is 0. The summed E-state index contributed by atoms with van der Waals surface area (Å²) in [5, 5.41) is 8.14. The second-order valence-electron chi connectivity index (χ2n) is 4.00. The van der Waals surface area contributed by atoms with Crippen LogP contribution in [0.5, 0.6) is 0 Å². The Hall–Kier alpha value is -1.62. The largest absolute Gasteiger partial charge is 0.478 e. The van der Waals surface area contributed by atoms with Crippen molar-refractivity contribution in [1.29, 1.82) is 0 Å². The summed E-state index contributed by atoms with van der Waals surface area (Å²) in [5.74, 6) is -1.49. The van der Waals surface area contributed by atoms with Crippen LogP contribution in [0.25, 0.3) is 0 Å². The number of benzene rings is 1. The van der Waals surface area contributed by atoms with Crippen molar-refractivity contribution in [3.8, 4) is 0 Å². The SMILES string of the molecule is CC(=O)C(Sc1cc(C(=O)O)ccc1C)C(C)=O. The highest BCUT2D eigenvalue weighted by atomic mass is 32.2. The number of thioether (sulfide) groups is 1. The van der Waals surface area contributed by atoms with Crippen LogP contribution in [0.2, 0.25) is 0 Å². The highest BCUT2D eigenvalue weighted by molar-refractivity contribution is 8.01. The van der Waals surface area contributed by atoms with Gasteiger partial charge in [-0.1, -0.05) is 6.07 Å². The minimum absolute atomic E-state index is 0.147. The van der Waals surface area contributed by atoms with E-state index in [0.717, 1.165) is 17.3 Å². The van der Waals surface area contributed by atoms with E-state index in [1.807, 2.05) is 6.92 Å². The third-order valence-corrected chi connectivity index (χ3v) is 4.01. The molecular formula is C13H14O4S. The number of hydrogen-bond acceptors (Lipinski definition) is 4. The molecule has 0 saturated carbocycles. The van der Waals surface area contributed by atoms with Crippen molar-refractivity contribution in [1.82, 2.24) is 0 Å². The number of carboxylic acid groups (broad SMARTS) is 1. The molecule has 0 unspecified atom stereocenters. The van der Waals surface area contributed by atoms with Gasteiger partial charge in [-0.25, -0.2) is 4.79 Å². The molecule has 0 aliphatic heterocycles. The lowest BCUT2D eigenvalue weighted by Gasteiger charge is -2.12. The summed E-state index contributed by atoms with van der Waals surface area (Å²) < 4.78 is 0. The van der Waals surface area contributed by atoms with Crippen LogP contribution in [0, 0.1) is 6.92 Å². The van der Waals surface area contributed by atoms with E-state index in [0.29, 0.717) is 4.90 Å². The number of carbonyl (C=O) groups is 3. The number of aryl methyl sites for hydroxylation is 1. The van der Waals surface area contributed by atoms with E-state index in [4.69, 9.17) is 5.11 Å². The molecule has 1 aromatic carbocycles. The fraction of sp³-hybridized carbons (Fsp3) is 0.308. The number of hydrogen-bond donors (Lipinski definition) is 1. The Kier molecular flexibility index (Phi) is 4.67. The van der Waals surface area contributed by atoms with E-state index in [1.54, 1.807) is 6.07 Å². The summed E-state index contributed by atoms with van der Waals surface area (Å²) in [4.78, 5) is 34.2. The van der Waals surface area contributed by atoms with Gasteiger partial charge >= 0.3 is 5.97 Å². The molecule has 0 radical (unpaired) electrons. The summed E-state index contributed by atoms with van der Waals surface area (Å²) in [6.45, 7) is 4.52. The van der Waals surface area contributed by atoms with E-state index < -0.39 is 11.2 Å². The van der Waals surface area contributed by atoms with Crippen LogP contribution >= 0.6 is 11.8 Å². The molecule has 0 aliphatic rings. The van der Waals surface area contributed by atoms with Crippen molar-refractivity contribution in [2.75, 3.05) is 0 Å². The van der Waals surface area contributed by atoms with Crippen molar-refractivity contribution in [2.24, 2.45) is 0 Å². The molecule has 1 aromatic rings. The number of aromatic carboxylic acids is 1. The summed E-state index contributed by atoms with van der Waals surface area (Å²) in [6.07, 6.45) is 0. The van der Waals surface area contributed by atoms with Gasteiger partial charge in [0.2, 0.25) is 0 Å². The molecule has 0 saturated heterocycles. The molecule has 1 rings (SSSR count). The maximum Gasteiger partial charge on any atom is 0.335 e.